The molecule has 2 unspecified atom stereocenters. The van der Waals surface area contributed by atoms with E-state index in [0.717, 1.165) is 35.0 Å². The lowest BCUT2D eigenvalue weighted by atomic mass is 9.89. The lowest BCUT2D eigenvalue weighted by Gasteiger charge is -2.25. The fraction of sp³-hybridized carbons (Fsp3) is 0.692. The average molecular weight is 287 g/mol. The van der Waals surface area contributed by atoms with Crippen LogP contribution in [0, 0.1) is 19.8 Å². The molecule has 1 N–H and O–H groups in total. The van der Waals surface area contributed by atoms with Gasteiger partial charge in [0.2, 0.25) is 0 Å². The number of carbonyl (C=O) groups is 1. The van der Waals surface area contributed by atoms with Crippen LogP contribution >= 0.6 is 22.9 Å². The quantitative estimate of drug-likeness (QED) is 0.867. The second kappa shape index (κ2) is 6.02. The molecular formula is C13H19ClN2OS. The van der Waals surface area contributed by atoms with Gasteiger partial charge in [-0.15, -0.1) is 22.9 Å². The first-order valence-electron chi connectivity index (χ1n) is 6.42. The first kappa shape index (κ1) is 13.8. The van der Waals surface area contributed by atoms with E-state index in [1.807, 2.05) is 13.8 Å². The Morgan fingerprint density at radius 2 is 2.28 bits per heavy atom. The van der Waals surface area contributed by atoms with Gasteiger partial charge in [-0.1, -0.05) is 6.42 Å². The van der Waals surface area contributed by atoms with E-state index < -0.39 is 0 Å². The van der Waals surface area contributed by atoms with Gasteiger partial charge in [0.05, 0.1) is 10.7 Å². The summed E-state index contributed by atoms with van der Waals surface area (Å²) < 4.78 is 0. The third-order valence-corrected chi connectivity index (χ3v) is 4.85. The summed E-state index contributed by atoms with van der Waals surface area (Å²) in [5, 5.41) is 4.24. The van der Waals surface area contributed by atoms with Gasteiger partial charge in [0.1, 0.15) is 4.88 Å². The van der Waals surface area contributed by atoms with E-state index in [0.29, 0.717) is 5.92 Å². The number of amides is 1. The summed E-state index contributed by atoms with van der Waals surface area (Å²) in [4.78, 5) is 17.0. The SMILES string of the molecule is Cc1nc(C)c(C(=O)NCC2CCCC(Cl)C2)s1. The number of alkyl halides is 1. The summed E-state index contributed by atoms with van der Waals surface area (Å²) in [6, 6.07) is 0. The third kappa shape index (κ3) is 3.45. The predicted molar refractivity (Wildman–Crippen MR) is 75.5 cm³/mol. The van der Waals surface area contributed by atoms with Crippen molar-refractivity contribution >= 4 is 28.8 Å². The van der Waals surface area contributed by atoms with Crippen molar-refractivity contribution in [3.05, 3.63) is 15.6 Å². The van der Waals surface area contributed by atoms with Crippen molar-refractivity contribution in [1.29, 1.82) is 0 Å². The number of rotatable bonds is 3. The molecule has 1 aromatic heterocycles. The Labute approximate surface area is 117 Å². The molecule has 100 valence electrons. The molecule has 0 aromatic carbocycles. The van der Waals surface area contributed by atoms with Crippen molar-refractivity contribution in [2.75, 3.05) is 6.54 Å². The molecule has 1 aliphatic carbocycles. The number of thiazole rings is 1. The molecule has 0 radical (unpaired) electrons. The zero-order chi connectivity index (χ0) is 13.1. The van der Waals surface area contributed by atoms with Crippen molar-refractivity contribution < 1.29 is 4.79 Å². The molecule has 3 nitrogen and oxygen atoms in total. The van der Waals surface area contributed by atoms with E-state index in [1.165, 1.54) is 24.2 Å². The Morgan fingerprint density at radius 1 is 1.50 bits per heavy atom. The van der Waals surface area contributed by atoms with Crippen molar-refractivity contribution in [3.8, 4) is 0 Å². The Balaban J connectivity index is 1.86. The van der Waals surface area contributed by atoms with Crippen molar-refractivity contribution in [2.45, 2.75) is 44.9 Å². The molecule has 1 amide bonds. The lowest BCUT2D eigenvalue weighted by Crippen LogP contribution is -2.31. The zero-order valence-corrected chi connectivity index (χ0v) is 12.4. The normalized spacial score (nSPS) is 23.9. The molecule has 2 rings (SSSR count). The molecule has 1 heterocycles. The summed E-state index contributed by atoms with van der Waals surface area (Å²) in [6.45, 7) is 4.54. The number of carbonyl (C=O) groups excluding carboxylic acids is 1. The van der Waals surface area contributed by atoms with Crippen LogP contribution in [-0.2, 0) is 0 Å². The van der Waals surface area contributed by atoms with E-state index >= 15 is 0 Å². The highest BCUT2D eigenvalue weighted by Gasteiger charge is 2.21. The standard InChI is InChI=1S/C13H19ClN2OS/c1-8-12(18-9(2)16-8)13(17)15-7-10-4-3-5-11(14)6-10/h10-11H,3-7H2,1-2H3,(H,15,17). The molecular weight excluding hydrogens is 268 g/mol. The molecule has 0 spiro atoms. The zero-order valence-electron chi connectivity index (χ0n) is 10.8. The number of nitrogens with one attached hydrogen (secondary N) is 1. The Kier molecular flexibility index (Phi) is 4.62. The van der Waals surface area contributed by atoms with Gasteiger partial charge in [-0.05, 0) is 39.0 Å². The fourth-order valence-corrected chi connectivity index (χ4v) is 3.71. The lowest BCUT2D eigenvalue weighted by molar-refractivity contribution is 0.0947. The minimum absolute atomic E-state index is 0.00907. The van der Waals surface area contributed by atoms with Crippen molar-refractivity contribution in [2.24, 2.45) is 5.92 Å². The molecule has 5 heteroatoms. The monoisotopic (exact) mass is 286 g/mol. The highest BCUT2D eigenvalue weighted by atomic mass is 35.5. The van der Waals surface area contributed by atoms with Crippen LogP contribution in [-0.4, -0.2) is 22.8 Å². The number of aryl methyl sites for hydroxylation is 2. The first-order chi connectivity index (χ1) is 8.56. The van der Waals surface area contributed by atoms with Crippen LogP contribution < -0.4 is 5.32 Å². The van der Waals surface area contributed by atoms with Crippen LogP contribution in [0.25, 0.3) is 0 Å². The van der Waals surface area contributed by atoms with Gasteiger partial charge >= 0.3 is 0 Å². The minimum atomic E-state index is 0.00907. The molecule has 1 aromatic rings. The van der Waals surface area contributed by atoms with Gasteiger partial charge in [0.15, 0.2) is 0 Å². The fourth-order valence-electron chi connectivity index (χ4n) is 2.47. The number of halogens is 1. The number of hydrogen-bond acceptors (Lipinski definition) is 3. The Morgan fingerprint density at radius 3 is 2.89 bits per heavy atom. The van der Waals surface area contributed by atoms with Gasteiger partial charge < -0.3 is 5.32 Å². The van der Waals surface area contributed by atoms with Gasteiger partial charge in [0, 0.05) is 11.9 Å². The second-order valence-electron chi connectivity index (χ2n) is 4.99. The minimum Gasteiger partial charge on any atom is -0.351 e. The highest BCUT2D eigenvalue weighted by Crippen LogP contribution is 2.27. The molecule has 1 fully saturated rings. The van der Waals surface area contributed by atoms with E-state index in [9.17, 15) is 4.79 Å². The van der Waals surface area contributed by atoms with Gasteiger partial charge in [-0.2, -0.15) is 0 Å². The largest absolute Gasteiger partial charge is 0.351 e. The topological polar surface area (TPSA) is 42.0 Å². The maximum Gasteiger partial charge on any atom is 0.263 e. The maximum atomic E-state index is 12.0. The summed E-state index contributed by atoms with van der Waals surface area (Å²) >= 11 is 7.61. The predicted octanol–water partition coefficient (Wildman–Crippen LogP) is 3.29. The number of aromatic nitrogens is 1. The highest BCUT2D eigenvalue weighted by molar-refractivity contribution is 7.13. The third-order valence-electron chi connectivity index (χ3n) is 3.38. The van der Waals surface area contributed by atoms with Crippen LogP contribution in [0.2, 0.25) is 0 Å². The molecule has 0 bridgehead atoms. The molecule has 18 heavy (non-hydrogen) atoms. The summed E-state index contributed by atoms with van der Waals surface area (Å²) in [5.41, 5.74) is 0.828. The summed E-state index contributed by atoms with van der Waals surface area (Å²) in [5.74, 6) is 0.536. The van der Waals surface area contributed by atoms with Crippen LogP contribution in [0.5, 0.6) is 0 Å². The maximum absolute atomic E-state index is 12.0. The Hall–Kier alpha value is -0.610. The van der Waals surface area contributed by atoms with Crippen molar-refractivity contribution in [3.63, 3.8) is 0 Å². The van der Waals surface area contributed by atoms with Crippen molar-refractivity contribution in [1.82, 2.24) is 10.3 Å². The average Bonchev–Trinajstić information content (AvgIpc) is 2.66. The van der Waals surface area contributed by atoms with Crippen LogP contribution in [0.3, 0.4) is 0 Å². The van der Waals surface area contributed by atoms with E-state index in [1.54, 1.807) is 0 Å². The molecule has 1 aliphatic rings. The van der Waals surface area contributed by atoms with Crippen LogP contribution in [0.15, 0.2) is 0 Å². The smallest absolute Gasteiger partial charge is 0.263 e. The second-order valence-corrected chi connectivity index (χ2v) is 6.81. The van der Waals surface area contributed by atoms with Gasteiger partial charge in [0.25, 0.3) is 5.91 Å². The summed E-state index contributed by atoms with van der Waals surface area (Å²) in [6.07, 6.45) is 4.47. The van der Waals surface area contributed by atoms with Crippen LogP contribution in [0.1, 0.15) is 46.1 Å². The number of nitrogens with zero attached hydrogens (tertiary/aromatic N) is 1. The summed E-state index contributed by atoms with van der Waals surface area (Å²) in [7, 11) is 0. The molecule has 0 aliphatic heterocycles. The Bertz CT molecular complexity index is 433. The van der Waals surface area contributed by atoms with Crippen LogP contribution in [0.4, 0.5) is 0 Å². The molecule has 1 saturated carbocycles. The van der Waals surface area contributed by atoms with Gasteiger partial charge in [-0.25, -0.2) is 4.98 Å². The van der Waals surface area contributed by atoms with E-state index in [4.69, 9.17) is 11.6 Å². The van der Waals surface area contributed by atoms with E-state index in [2.05, 4.69) is 10.3 Å². The first-order valence-corrected chi connectivity index (χ1v) is 7.68. The number of hydrogen-bond donors (Lipinski definition) is 1. The molecule has 0 saturated heterocycles. The molecule has 2 atom stereocenters. The van der Waals surface area contributed by atoms with E-state index in [-0.39, 0.29) is 11.3 Å². The van der Waals surface area contributed by atoms with Gasteiger partial charge in [-0.3, -0.25) is 4.79 Å².